The van der Waals surface area contributed by atoms with Crippen LogP contribution in [-0.2, 0) is 6.54 Å². The van der Waals surface area contributed by atoms with Gasteiger partial charge in [0.25, 0.3) is 5.91 Å². The number of ether oxygens (including phenoxy) is 1. The van der Waals surface area contributed by atoms with Crippen molar-refractivity contribution in [2.45, 2.75) is 19.4 Å². The van der Waals surface area contributed by atoms with Gasteiger partial charge in [0.1, 0.15) is 11.3 Å². The zero-order valence-corrected chi connectivity index (χ0v) is 13.4. The standard InChI is InChI=1S/C17H18ClN3O2/c18-14-10-12(11-21-8-1-2-9-21)5-6-15(14)23-17-13(16(19)22)4-3-7-20-17/h3-7,10H,1-2,8-9,11H2,(H2,19,22). The number of hydrogen-bond acceptors (Lipinski definition) is 4. The molecule has 0 aliphatic carbocycles. The first-order valence-electron chi connectivity index (χ1n) is 7.57. The van der Waals surface area contributed by atoms with Gasteiger partial charge in [0.15, 0.2) is 0 Å². The SMILES string of the molecule is NC(=O)c1cccnc1Oc1ccc(CN2CCCC2)cc1Cl. The summed E-state index contributed by atoms with van der Waals surface area (Å²) in [5, 5.41) is 0.489. The topological polar surface area (TPSA) is 68.5 Å². The first kappa shape index (κ1) is 15.8. The van der Waals surface area contributed by atoms with Crippen LogP contribution in [0.1, 0.15) is 28.8 Å². The molecule has 1 aromatic heterocycles. The van der Waals surface area contributed by atoms with Crippen molar-refractivity contribution >= 4 is 17.5 Å². The van der Waals surface area contributed by atoms with Crippen LogP contribution in [0.15, 0.2) is 36.5 Å². The number of nitrogens with two attached hydrogens (primary N) is 1. The molecule has 2 aromatic rings. The largest absolute Gasteiger partial charge is 0.437 e. The highest BCUT2D eigenvalue weighted by Gasteiger charge is 2.15. The Morgan fingerprint density at radius 2 is 2.09 bits per heavy atom. The number of nitrogens with zero attached hydrogens (tertiary/aromatic N) is 2. The maximum absolute atomic E-state index is 11.4. The molecule has 3 rings (SSSR count). The van der Waals surface area contributed by atoms with Gasteiger partial charge in [0.05, 0.1) is 5.02 Å². The molecule has 0 radical (unpaired) electrons. The smallest absolute Gasteiger partial charge is 0.254 e. The van der Waals surface area contributed by atoms with Crippen molar-refractivity contribution in [3.63, 3.8) is 0 Å². The molecule has 2 N–H and O–H groups in total. The van der Waals surface area contributed by atoms with E-state index in [9.17, 15) is 4.79 Å². The van der Waals surface area contributed by atoms with Crippen molar-refractivity contribution < 1.29 is 9.53 Å². The Morgan fingerprint density at radius 1 is 1.30 bits per heavy atom. The fraction of sp³-hybridized carbons (Fsp3) is 0.294. The normalized spacial score (nSPS) is 14.8. The van der Waals surface area contributed by atoms with E-state index in [0.717, 1.165) is 25.2 Å². The fourth-order valence-corrected chi connectivity index (χ4v) is 2.93. The third-order valence-corrected chi connectivity index (χ3v) is 4.14. The van der Waals surface area contributed by atoms with E-state index in [2.05, 4.69) is 9.88 Å². The van der Waals surface area contributed by atoms with Crippen LogP contribution in [0.25, 0.3) is 0 Å². The van der Waals surface area contributed by atoms with Gasteiger partial charge in [-0.25, -0.2) is 4.98 Å². The van der Waals surface area contributed by atoms with Gasteiger partial charge in [0, 0.05) is 12.7 Å². The molecule has 0 saturated carbocycles. The van der Waals surface area contributed by atoms with E-state index in [0.29, 0.717) is 10.8 Å². The highest BCUT2D eigenvalue weighted by Crippen LogP contribution is 2.31. The number of amides is 1. The Morgan fingerprint density at radius 3 is 2.78 bits per heavy atom. The number of rotatable bonds is 5. The molecular formula is C17H18ClN3O2. The summed E-state index contributed by atoms with van der Waals surface area (Å²) in [5.74, 6) is 0.0297. The Bertz CT molecular complexity index is 715. The summed E-state index contributed by atoms with van der Waals surface area (Å²) in [4.78, 5) is 17.9. The number of carbonyl (C=O) groups is 1. The van der Waals surface area contributed by atoms with E-state index >= 15 is 0 Å². The lowest BCUT2D eigenvalue weighted by molar-refractivity contribution is 0.0997. The number of carbonyl (C=O) groups excluding carboxylic acids is 1. The minimum Gasteiger partial charge on any atom is -0.437 e. The molecule has 1 saturated heterocycles. The van der Waals surface area contributed by atoms with Gasteiger partial charge in [-0.3, -0.25) is 9.69 Å². The van der Waals surface area contributed by atoms with Crippen LogP contribution < -0.4 is 10.5 Å². The second-order valence-corrected chi connectivity index (χ2v) is 5.98. The summed E-state index contributed by atoms with van der Waals surface area (Å²) in [6, 6.07) is 8.87. The molecule has 1 fully saturated rings. The summed E-state index contributed by atoms with van der Waals surface area (Å²) in [7, 11) is 0. The Kier molecular flexibility index (Phi) is 4.79. The predicted molar refractivity (Wildman–Crippen MR) is 88.8 cm³/mol. The highest BCUT2D eigenvalue weighted by molar-refractivity contribution is 6.32. The molecule has 23 heavy (non-hydrogen) atoms. The first-order chi connectivity index (χ1) is 11.1. The minimum absolute atomic E-state index is 0.161. The Hall–Kier alpha value is -2.11. The lowest BCUT2D eigenvalue weighted by Gasteiger charge is -2.15. The molecule has 1 aliphatic heterocycles. The number of pyridine rings is 1. The quantitative estimate of drug-likeness (QED) is 0.913. The number of aromatic nitrogens is 1. The van der Waals surface area contributed by atoms with E-state index in [1.165, 1.54) is 19.0 Å². The number of halogens is 1. The fourth-order valence-electron chi connectivity index (χ4n) is 2.69. The molecular weight excluding hydrogens is 314 g/mol. The zero-order valence-electron chi connectivity index (χ0n) is 12.7. The lowest BCUT2D eigenvalue weighted by atomic mass is 10.2. The van der Waals surface area contributed by atoms with E-state index in [1.54, 1.807) is 18.2 Å². The number of benzene rings is 1. The molecule has 0 unspecified atom stereocenters. The van der Waals surface area contributed by atoms with Crippen LogP contribution in [0.4, 0.5) is 0 Å². The van der Waals surface area contributed by atoms with E-state index in [4.69, 9.17) is 22.1 Å². The van der Waals surface area contributed by atoms with Crippen LogP contribution >= 0.6 is 11.6 Å². The van der Waals surface area contributed by atoms with Crippen molar-refractivity contribution in [1.29, 1.82) is 0 Å². The summed E-state index contributed by atoms with van der Waals surface area (Å²) >= 11 is 6.31. The van der Waals surface area contributed by atoms with Gasteiger partial charge < -0.3 is 10.5 Å². The van der Waals surface area contributed by atoms with E-state index in [-0.39, 0.29) is 11.4 Å². The molecule has 2 heterocycles. The second-order valence-electron chi connectivity index (χ2n) is 5.57. The number of hydrogen-bond donors (Lipinski definition) is 1. The number of likely N-dealkylation sites (tertiary alicyclic amines) is 1. The van der Waals surface area contributed by atoms with Gasteiger partial charge in [0.2, 0.25) is 5.88 Å². The van der Waals surface area contributed by atoms with Gasteiger partial charge in [-0.05, 0) is 55.8 Å². The van der Waals surface area contributed by atoms with Crippen molar-refractivity contribution in [1.82, 2.24) is 9.88 Å². The van der Waals surface area contributed by atoms with Gasteiger partial charge in [-0.2, -0.15) is 0 Å². The molecule has 1 aliphatic rings. The van der Waals surface area contributed by atoms with Crippen LogP contribution in [0.5, 0.6) is 11.6 Å². The zero-order chi connectivity index (χ0) is 16.2. The van der Waals surface area contributed by atoms with Crippen LogP contribution in [-0.4, -0.2) is 28.9 Å². The van der Waals surface area contributed by atoms with Gasteiger partial charge >= 0.3 is 0 Å². The molecule has 6 heteroatoms. The van der Waals surface area contributed by atoms with Crippen LogP contribution in [0, 0.1) is 0 Å². The van der Waals surface area contributed by atoms with Crippen molar-refractivity contribution in [2.24, 2.45) is 5.73 Å². The monoisotopic (exact) mass is 331 g/mol. The Balaban J connectivity index is 1.77. The summed E-state index contributed by atoms with van der Waals surface area (Å²) in [5.41, 5.74) is 6.69. The van der Waals surface area contributed by atoms with Crippen LogP contribution in [0.2, 0.25) is 5.02 Å². The van der Waals surface area contributed by atoms with E-state index < -0.39 is 5.91 Å². The summed E-state index contributed by atoms with van der Waals surface area (Å²) in [6.45, 7) is 3.15. The third-order valence-electron chi connectivity index (χ3n) is 3.84. The average Bonchev–Trinajstić information content (AvgIpc) is 3.03. The summed E-state index contributed by atoms with van der Waals surface area (Å²) < 4.78 is 5.67. The molecule has 0 spiro atoms. The minimum atomic E-state index is -0.588. The van der Waals surface area contributed by atoms with Crippen molar-refractivity contribution in [3.8, 4) is 11.6 Å². The van der Waals surface area contributed by atoms with Crippen molar-refractivity contribution in [2.75, 3.05) is 13.1 Å². The maximum Gasteiger partial charge on any atom is 0.254 e. The van der Waals surface area contributed by atoms with Crippen molar-refractivity contribution in [3.05, 3.63) is 52.7 Å². The molecule has 0 atom stereocenters. The van der Waals surface area contributed by atoms with Gasteiger partial charge in [-0.1, -0.05) is 17.7 Å². The van der Waals surface area contributed by atoms with E-state index in [1.807, 2.05) is 12.1 Å². The summed E-state index contributed by atoms with van der Waals surface area (Å²) in [6.07, 6.45) is 4.05. The highest BCUT2D eigenvalue weighted by atomic mass is 35.5. The average molecular weight is 332 g/mol. The molecule has 1 aromatic carbocycles. The predicted octanol–water partition coefficient (Wildman–Crippen LogP) is 3.22. The van der Waals surface area contributed by atoms with Gasteiger partial charge in [-0.15, -0.1) is 0 Å². The lowest BCUT2D eigenvalue weighted by Crippen LogP contribution is -2.18. The first-order valence-corrected chi connectivity index (χ1v) is 7.95. The second kappa shape index (κ2) is 6.98. The molecule has 5 nitrogen and oxygen atoms in total. The maximum atomic E-state index is 11.4. The van der Waals surface area contributed by atoms with Crippen LogP contribution in [0.3, 0.4) is 0 Å². The Labute approximate surface area is 140 Å². The number of primary amides is 1. The molecule has 1 amide bonds. The third kappa shape index (κ3) is 3.81. The molecule has 0 bridgehead atoms. The molecule has 120 valence electrons.